The molecule has 3 N–H and O–H groups in total. The van der Waals surface area contributed by atoms with Gasteiger partial charge in [0.1, 0.15) is 28.9 Å². The van der Waals surface area contributed by atoms with E-state index in [-0.39, 0.29) is 54.0 Å². The van der Waals surface area contributed by atoms with Crippen molar-refractivity contribution in [1.29, 1.82) is 10.8 Å². The second-order valence-corrected chi connectivity index (χ2v) is 11.7. The number of hydrogen-bond donors (Lipinski definition) is 3. The fourth-order valence-corrected chi connectivity index (χ4v) is 6.38. The smallest absolute Gasteiger partial charge is 0.406 e. The number of amides is 2. The number of halogens is 5. The molecule has 232 valence electrons. The molecule has 0 atom stereocenters. The minimum absolute atomic E-state index is 0.00528. The van der Waals surface area contributed by atoms with Crippen LogP contribution in [0.1, 0.15) is 47.3 Å². The lowest BCUT2D eigenvalue weighted by molar-refractivity contribution is -0.162. The summed E-state index contributed by atoms with van der Waals surface area (Å²) in [4.78, 5) is 41.1. The maximum absolute atomic E-state index is 14.0. The van der Waals surface area contributed by atoms with Crippen LogP contribution in [0.15, 0.2) is 29.2 Å². The predicted octanol–water partition coefficient (Wildman–Crippen LogP) is 3.67. The summed E-state index contributed by atoms with van der Waals surface area (Å²) < 4.78 is 66.9. The summed E-state index contributed by atoms with van der Waals surface area (Å²) >= 11 is 0.519. The number of carbonyl (C=O) groups is 2. The molecule has 10 nitrogen and oxygen atoms in total. The van der Waals surface area contributed by atoms with E-state index in [4.69, 9.17) is 10.8 Å². The van der Waals surface area contributed by atoms with Crippen LogP contribution in [0, 0.1) is 28.4 Å². The van der Waals surface area contributed by atoms with Crippen LogP contribution in [0.5, 0.6) is 5.75 Å². The van der Waals surface area contributed by atoms with E-state index in [0.29, 0.717) is 22.7 Å². The Morgan fingerprint density at radius 2 is 1.79 bits per heavy atom. The van der Waals surface area contributed by atoms with Gasteiger partial charge in [-0.3, -0.25) is 34.9 Å². The number of aromatic nitrogens is 1. The van der Waals surface area contributed by atoms with Crippen LogP contribution >= 0.6 is 11.8 Å². The normalized spacial score (nSPS) is 20.3. The minimum atomic E-state index is -4.54. The number of fused-ring (bicyclic) bond motifs is 1. The number of alkyl halides is 3. The molecule has 2 aromatic rings. The van der Waals surface area contributed by atoms with Crippen molar-refractivity contribution in [1.82, 2.24) is 14.5 Å². The molecule has 2 aliphatic rings. The van der Waals surface area contributed by atoms with Crippen LogP contribution in [0.25, 0.3) is 0 Å². The number of nitrogens with zero attached hydrogens (tertiary/aromatic N) is 4. The lowest BCUT2D eigenvalue weighted by Gasteiger charge is -2.55. The quantitative estimate of drug-likeness (QED) is 0.263. The summed E-state index contributed by atoms with van der Waals surface area (Å²) in [5.74, 6) is -4.65. The topological polar surface area (TPSA) is 134 Å². The van der Waals surface area contributed by atoms with E-state index in [1.807, 2.05) is 0 Å². The van der Waals surface area contributed by atoms with Gasteiger partial charge >= 0.3 is 6.18 Å². The van der Waals surface area contributed by atoms with Crippen molar-refractivity contribution in [2.45, 2.75) is 43.9 Å². The van der Waals surface area contributed by atoms with Gasteiger partial charge in [0.15, 0.2) is 11.4 Å². The van der Waals surface area contributed by atoms with E-state index >= 15 is 0 Å². The number of carbonyl (C=O) groups excluding carboxylic acids is 2. The van der Waals surface area contributed by atoms with E-state index in [9.17, 15) is 41.4 Å². The molecule has 1 aliphatic heterocycles. The number of rotatable bonds is 5. The van der Waals surface area contributed by atoms with Gasteiger partial charge in [0, 0.05) is 45.7 Å². The highest BCUT2D eigenvalue weighted by Gasteiger charge is 2.51. The summed E-state index contributed by atoms with van der Waals surface area (Å²) in [6.45, 7) is -1.38. The Kier molecular flexibility index (Phi) is 8.64. The first-order valence-electron chi connectivity index (χ1n) is 13.1. The molecule has 0 radical (unpaired) electrons. The summed E-state index contributed by atoms with van der Waals surface area (Å²) in [6, 6.07) is 2.85. The van der Waals surface area contributed by atoms with Crippen LogP contribution < -0.4 is 10.4 Å². The Labute approximate surface area is 247 Å². The first kappa shape index (κ1) is 32.0. The van der Waals surface area contributed by atoms with E-state index in [2.05, 4.69) is 0 Å². The molecular weight excluding hydrogens is 599 g/mol. The summed E-state index contributed by atoms with van der Waals surface area (Å²) in [7, 11) is 4.13. The van der Waals surface area contributed by atoms with Gasteiger partial charge in [-0.05, 0) is 37.3 Å². The summed E-state index contributed by atoms with van der Waals surface area (Å²) in [5.41, 5.74) is -2.80. The molecule has 2 heterocycles. The average Bonchev–Trinajstić information content (AvgIpc) is 2.92. The molecule has 0 saturated heterocycles. The zero-order valence-corrected chi connectivity index (χ0v) is 24.2. The van der Waals surface area contributed by atoms with Crippen LogP contribution in [0.2, 0.25) is 0 Å². The third kappa shape index (κ3) is 6.10. The Morgan fingerprint density at radius 3 is 2.37 bits per heavy atom. The SMILES string of the molecule is CN(CC(F)(F)F)C(=O)C1CCC2(CC1)N(C)C(=O)c1c(O)c(=O)c(C(=N)SC(=N)Cc3ccc(F)cc3F)cn1N2C. The van der Waals surface area contributed by atoms with Crippen LogP contribution in [0.4, 0.5) is 22.0 Å². The van der Waals surface area contributed by atoms with E-state index in [1.165, 1.54) is 22.8 Å². The van der Waals surface area contributed by atoms with Crippen molar-refractivity contribution in [2.24, 2.45) is 5.92 Å². The molecule has 1 saturated carbocycles. The van der Waals surface area contributed by atoms with E-state index < -0.39 is 64.0 Å². The molecule has 0 bridgehead atoms. The molecule has 1 spiro atoms. The first-order valence-corrected chi connectivity index (χ1v) is 13.9. The van der Waals surface area contributed by atoms with Crippen LogP contribution in [-0.2, 0) is 11.2 Å². The third-order valence-electron chi connectivity index (χ3n) is 7.99. The number of pyridine rings is 1. The fourth-order valence-electron chi connectivity index (χ4n) is 5.65. The standard InChI is InChI=1S/C27H29F5N6O4S/c1-35(13-27(30,31)32)24(41)14-6-8-26(9-7-14)36(2)25(42)20-22(40)21(39)17(12-38(20)37(26)3)23(34)43-19(33)10-15-4-5-16(28)11-18(15)29/h4-5,11-12,14,33-34,40H,6-10,13H2,1-3H3. The number of hydrogen-bond acceptors (Lipinski definition) is 8. The molecule has 1 fully saturated rings. The van der Waals surface area contributed by atoms with Crippen molar-refractivity contribution in [3.05, 3.63) is 63.1 Å². The second kappa shape index (κ2) is 11.6. The Hall–Kier alpha value is -3.95. The molecular formula is C27H29F5N6O4S. The van der Waals surface area contributed by atoms with Crippen molar-refractivity contribution >= 4 is 33.7 Å². The zero-order valence-electron chi connectivity index (χ0n) is 23.4. The largest absolute Gasteiger partial charge is 0.502 e. The molecule has 2 amide bonds. The lowest BCUT2D eigenvalue weighted by Crippen LogP contribution is -2.69. The van der Waals surface area contributed by atoms with Gasteiger partial charge in [-0.15, -0.1) is 0 Å². The van der Waals surface area contributed by atoms with Gasteiger partial charge in [-0.1, -0.05) is 17.8 Å². The zero-order chi connectivity index (χ0) is 32.0. The lowest BCUT2D eigenvalue weighted by atomic mass is 9.79. The first-order chi connectivity index (χ1) is 20.0. The Balaban J connectivity index is 1.58. The molecule has 1 aromatic carbocycles. The molecule has 1 aliphatic carbocycles. The highest BCUT2D eigenvalue weighted by Crippen LogP contribution is 2.42. The molecule has 0 unspecified atom stereocenters. The molecule has 4 rings (SSSR count). The summed E-state index contributed by atoms with van der Waals surface area (Å²) in [6.07, 6.45) is -2.95. The number of thioether (sulfide) groups is 1. The maximum atomic E-state index is 14.0. The molecule has 43 heavy (non-hydrogen) atoms. The van der Waals surface area contributed by atoms with Gasteiger partial charge in [0.05, 0.1) is 10.6 Å². The maximum Gasteiger partial charge on any atom is 0.406 e. The summed E-state index contributed by atoms with van der Waals surface area (Å²) in [5, 5.41) is 28.3. The van der Waals surface area contributed by atoms with Gasteiger partial charge in [0.25, 0.3) is 5.91 Å². The number of nitrogens with one attached hydrogen (secondary N) is 2. The van der Waals surface area contributed by atoms with Gasteiger partial charge in [0.2, 0.25) is 11.3 Å². The molecule has 16 heteroatoms. The minimum Gasteiger partial charge on any atom is -0.502 e. The predicted molar refractivity (Wildman–Crippen MR) is 149 cm³/mol. The van der Waals surface area contributed by atoms with E-state index in [1.54, 1.807) is 12.1 Å². The van der Waals surface area contributed by atoms with Gasteiger partial charge in [-0.25, -0.2) is 8.78 Å². The number of benzene rings is 1. The molecule has 1 aromatic heterocycles. The average molecular weight is 629 g/mol. The van der Waals surface area contributed by atoms with Gasteiger partial charge in [-0.2, -0.15) is 13.2 Å². The third-order valence-corrected chi connectivity index (χ3v) is 8.80. The van der Waals surface area contributed by atoms with E-state index in [0.717, 1.165) is 19.2 Å². The van der Waals surface area contributed by atoms with Crippen molar-refractivity contribution in [3.63, 3.8) is 0 Å². The Morgan fingerprint density at radius 1 is 1.16 bits per heavy atom. The van der Waals surface area contributed by atoms with Crippen LogP contribution in [0.3, 0.4) is 0 Å². The van der Waals surface area contributed by atoms with Gasteiger partial charge < -0.3 is 14.9 Å². The Bertz CT molecular complexity index is 1550. The second-order valence-electron chi connectivity index (χ2n) is 10.6. The highest BCUT2D eigenvalue weighted by molar-refractivity contribution is 8.26. The highest BCUT2D eigenvalue weighted by atomic mass is 32.2. The number of aromatic hydroxyl groups is 1. The van der Waals surface area contributed by atoms with Crippen molar-refractivity contribution in [3.8, 4) is 5.75 Å². The van der Waals surface area contributed by atoms with Crippen molar-refractivity contribution in [2.75, 3.05) is 32.7 Å². The van der Waals surface area contributed by atoms with Crippen molar-refractivity contribution < 1.29 is 36.6 Å². The fraction of sp³-hybridized carbons (Fsp3) is 0.444. The monoisotopic (exact) mass is 628 g/mol. The van der Waals surface area contributed by atoms with Crippen LogP contribution in [-0.4, -0.2) is 81.0 Å².